The van der Waals surface area contributed by atoms with Gasteiger partial charge >= 0.3 is 0 Å². The van der Waals surface area contributed by atoms with Crippen molar-refractivity contribution in [2.75, 3.05) is 6.54 Å². The van der Waals surface area contributed by atoms with Crippen LogP contribution in [0.25, 0.3) is 0 Å². The third-order valence-corrected chi connectivity index (χ3v) is 4.51. The van der Waals surface area contributed by atoms with Gasteiger partial charge in [-0.25, -0.2) is 4.39 Å². The molecule has 26 heavy (non-hydrogen) atoms. The van der Waals surface area contributed by atoms with Crippen molar-refractivity contribution in [3.63, 3.8) is 0 Å². The van der Waals surface area contributed by atoms with E-state index in [0.717, 1.165) is 37.1 Å². The van der Waals surface area contributed by atoms with Gasteiger partial charge in [-0.05, 0) is 42.2 Å². The molecule has 0 aliphatic rings. The van der Waals surface area contributed by atoms with Crippen molar-refractivity contribution in [2.45, 2.75) is 59.5 Å². The molecular weight excluding hydrogens is 327 g/mol. The van der Waals surface area contributed by atoms with E-state index >= 15 is 0 Å². The Morgan fingerprint density at radius 2 is 1.88 bits per heavy atom. The molecule has 1 amide bonds. The number of rotatable bonds is 10. The predicted octanol–water partition coefficient (Wildman–Crippen LogP) is 5.24. The Morgan fingerprint density at radius 3 is 2.54 bits per heavy atom. The number of benzene rings is 1. The van der Waals surface area contributed by atoms with Crippen molar-refractivity contribution in [2.24, 2.45) is 5.92 Å². The molecular formula is C22H31FN2O. The molecule has 4 heteroatoms. The van der Waals surface area contributed by atoms with Crippen LogP contribution in [0, 0.1) is 11.7 Å². The van der Waals surface area contributed by atoms with Crippen molar-refractivity contribution in [1.82, 2.24) is 9.47 Å². The fraction of sp³-hybridized carbons (Fsp3) is 0.500. The topological polar surface area (TPSA) is 25.2 Å². The van der Waals surface area contributed by atoms with Gasteiger partial charge in [0.2, 0.25) is 5.91 Å². The maximum Gasteiger partial charge on any atom is 0.223 e. The van der Waals surface area contributed by atoms with Crippen LogP contribution in [0.1, 0.15) is 57.7 Å². The summed E-state index contributed by atoms with van der Waals surface area (Å²) in [6, 6.07) is 10.7. The Labute approximate surface area is 156 Å². The lowest BCUT2D eigenvalue weighted by atomic mass is 10.1. The van der Waals surface area contributed by atoms with E-state index in [-0.39, 0.29) is 11.7 Å². The number of hydrogen-bond acceptors (Lipinski definition) is 1. The van der Waals surface area contributed by atoms with Crippen LogP contribution in [0.15, 0.2) is 42.6 Å². The summed E-state index contributed by atoms with van der Waals surface area (Å²) >= 11 is 0. The number of halogens is 1. The van der Waals surface area contributed by atoms with Crippen LogP contribution in [-0.2, 0) is 17.9 Å². The molecule has 2 rings (SSSR count). The molecule has 0 radical (unpaired) electrons. The molecule has 142 valence electrons. The molecule has 1 aromatic heterocycles. The second-order valence-electron chi connectivity index (χ2n) is 7.37. The quantitative estimate of drug-likeness (QED) is 0.533. The van der Waals surface area contributed by atoms with Gasteiger partial charge in [-0.1, -0.05) is 45.7 Å². The van der Waals surface area contributed by atoms with Gasteiger partial charge < -0.3 is 9.47 Å². The van der Waals surface area contributed by atoms with Crippen LogP contribution >= 0.6 is 0 Å². The van der Waals surface area contributed by atoms with Crippen LogP contribution < -0.4 is 0 Å². The SMILES string of the molecule is CCCCCN(Cc1cccn1Cc1ccc(F)cc1)C(=O)CC(C)C. The molecule has 0 spiro atoms. The summed E-state index contributed by atoms with van der Waals surface area (Å²) in [5, 5.41) is 0. The van der Waals surface area contributed by atoms with Crippen LogP contribution in [-0.4, -0.2) is 21.9 Å². The van der Waals surface area contributed by atoms with Crippen LogP contribution in [0.5, 0.6) is 0 Å². The molecule has 0 fully saturated rings. The fourth-order valence-electron chi connectivity index (χ4n) is 3.05. The van der Waals surface area contributed by atoms with E-state index in [1.54, 1.807) is 0 Å². The lowest BCUT2D eigenvalue weighted by Gasteiger charge is -2.24. The monoisotopic (exact) mass is 358 g/mol. The number of unbranched alkanes of at least 4 members (excludes halogenated alkanes) is 2. The standard InChI is InChI=1S/C22H31FN2O/c1-4-5-6-13-25(22(26)15-18(2)3)17-21-8-7-14-24(21)16-19-9-11-20(23)12-10-19/h7-12,14,18H,4-6,13,15-17H2,1-3H3. The molecule has 0 unspecified atom stereocenters. The molecule has 1 aromatic carbocycles. The van der Waals surface area contributed by atoms with Gasteiger partial charge in [0.15, 0.2) is 0 Å². The first-order valence-electron chi connectivity index (χ1n) is 9.65. The number of aromatic nitrogens is 1. The van der Waals surface area contributed by atoms with Gasteiger partial charge in [0, 0.05) is 31.4 Å². The Kier molecular flexibility index (Phi) is 7.89. The summed E-state index contributed by atoms with van der Waals surface area (Å²) in [6.45, 7) is 8.46. The van der Waals surface area contributed by atoms with E-state index in [9.17, 15) is 9.18 Å². The number of nitrogens with zero attached hydrogens (tertiary/aromatic N) is 2. The highest BCUT2D eigenvalue weighted by molar-refractivity contribution is 5.76. The summed E-state index contributed by atoms with van der Waals surface area (Å²) in [5.74, 6) is 0.371. The average molecular weight is 359 g/mol. The predicted molar refractivity (Wildman–Crippen MR) is 104 cm³/mol. The maximum atomic E-state index is 13.1. The smallest absolute Gasteiger partial charge is 0.223 e. The van der Waals surface area contributed by atoms with E-state index in [4.69, 9.17) is 0 Å². The third kappa shape index (κ3) is 6.32. The van der Waals surface area contributed by atoms with Gasteiger partial charge in [0.05, 0.1) is 6.54 Å². The Bertz CT molecular complexity index is 676. The molecule has 3 nitrogen and oxygen atoms in total. The number of carbonyl (C=O) groups excluding carboxylic acids is 1. The zero-order valence-electron chi connectivity index (χ0n) is 16.2. The van der Waals surface area contributed by atoms with Crippen molar-refractivity contribution in [3.8, 4) is 0 Å². The summed E-state index contributed by atoms with van der Waals surface area (Å²) in [4.78, 5) is 14.6. The average Bonchev–Trinajstić information content (AvgIpc) is 3.02. The Morgan fingerprint density at radius 1 is 1.15 bits per heavy atom. The van der Waals surface area contributed by atoms with E-state index < -0.39 is 0 Å². The van der Waals surface area contributed by atoms with Crippen LogP contribution in [0.3, 0.4) is 0 Å². The Hall–Kier alpha value is -2.10. The maximum absolute atomic E-state index is 13.1. The first kappa shape index (κ1) is 20.2. The van der Waals surface area contributed by atoms with Crippen LogP contribution in [0.2, 0.25) is 0 Å². The summed E-state index contributed by atoms with van der Waals surface area (Å²) < 4.78 is 15.2. The highest BCUT2D eigenvalue weighted by atomic mass is 19.1. The summed E-state index contributed by atoms with van der Waals surface area (Å²) in [7, 11) is 0. The molecule has 0 N–H and O–H groups in total. The van der Waals surface area contributed by atoms with Crippen molar-refractivity contribution in [3.05, 3.63) is 59.7 Å². The molecule has 1 heterocycles. The van der Waals surface area contributed by atoms with Crippen molar-refractivity contribution in [1.29, 1.82) is 0 Å². The Balaban J connectivity index is 2.08. The normalized spacial score (nSPS) is 11.1. The minimum absolute atomic E-state index is 0.220. The van der Waals surface area contributed by atoms with Crippen molar-refractivity contribution < 1.29 is 9.18 Å². The number of carbonyl (C=O) groups is 1. The van der Waals surface area contributed by atoms with Gasteiger partial charge in [-0.3, -0.25) is 4.79 Å². The minimum atomic E-state index is -0.220. The van der Waals surface area contributed by atoms with Gasteiger partial charge in [0.1, 0.15) is 5.82 Å². The summed E-state index contributed by atoms with van der Waals surface area (Å²) in [6.07, 6.45) is 5.94. The van der Waals surface area contributed by atoms with Crippen molar-refractivity contribution >= 4 is 5.91 Å². The highest BCUT2D eigenvalue weighted by Gasteiger charge is 2.16. The van der Waals surface area contributed by atoms with Gasteiger partial charge in [-0.2, -0.15) is 0 Å². The highest BCUT2D eigenvalue weighted by Crippen LogP contribution is 2.14. The molecule has 0 atom stereocenters. The second kappa shape index (κ2) is 10.1. The summed E-state index contributed by atoms with van der Waals surface area (Å²) in [5.41, 5.74) is 2.16. The number of amides is 1. The lowest BCUT2D eigenvalue weighted by molar-refractivity contribution is -0.132. The molecule has 0 bridgehead atoms. The van der Waals surface area contributed by atoms with E-state index in [0.29, 0.717) is 25.4 Å². The lowest BCUT2D eigenvalue weighted by Crippen LogP contribution is -2.33. The third-order valence-electron chi connectivity index (χ3n) is 4.51. The first-order valence-corrected chi connectivity index (χ1v) is 9.65. The zero-order chi connectivity index (χ0) is 18.9. The minimum Gasteiger partial charge on any atom is -0.345 e. The molecule has 0 aliphatic carbocycles. The van der Waals surface area contributed by atoms with Gasteiger partial charge in [-0.15, -0.1) is 0 Å². The molecule has 0 saturated carbocycles. The molecule has 0 saturated heterocycles. The van der Waals surface area contributed by atoms with Gasteiger partial charge in [0.25, 0.3) is 0 Å². The molecule has 0 aliphatic heterocycles. The van der Waals surface area contributed by atoms with E-state index in [2.05, 4.69) is 31.4 Å². The van der Waals surface area contributed by atoms with E-state index in [1.165, 1.54) is 12.1 Å². The second-order valence-corrected chi connectivity index (χ2v) is 7.37. The molecule has 2 aromatic rings. The fourth-order valence-corrected chi connectivity index (χ4v) is 3.05. The largest absolute Gasteiger partial charge is 0.345 e. The van der Waals surface area contributed by atoms with Crippen LogP contribution in [0.4, 0.5) is 4.39 Å². The first-order chi connectivity index (χ1) is 12.5. The zero-order valence-corrected chi connectivity index (χ0v) is 16.2. The number of hydrogen-bond donors (Lipinski definition) is 0. The van der Waals surface area contributed by atoms with E-state index in [1.807, 2.05) is 29.3 Å².